The fourth-order valence-electron chi connectivity index (χ4n) is 1.28. The van der Waals surface area contributed by atoms with E-state index >= 15 is 0 Å². The summed E-state index contributed by atoms with van der Waals surface area (Å²) < 4.78 is 20.3. The number of nitrogens with zero attached hydrogens (tertiary/aromatic N) is 2. The topological polar surface area (TPSA) is 75.1 Å². The van der Waals surface area contributed by atoms with Crippen LogP contribution in [0.4, 0.5) is 11.5 Å². The molecule has 0 radical (unpaired) electrons. The molecule has 0 fully saturated rings. The van der Waals surface area contributed by atoms with Crippen LogP contribution in [0.5, 0.6) is 0 Å². The molecule has 5 nitrogen and oxygen atoms in total. The molecule has 0 spiro atoms. The fourth-order valence-corrected chi connectivity index (χ4v) is 2.06. The monoisotopic (exact) mass is 303 g/mol. The average molecular weight is 304 g/mol. The van der Waals surface area contributed by atoms with Crippen LogP contribution >= 0.6 is 23.2 Å². The Bertz CT molecular complexity index is 609. The van der Waals surface area contributed by atoms with Gasteiger partial charge < -0.3 is 9.87 Å². The number of hydrogen-bond acceptors (Lipinski definition) is 4. The Morgan fingerprint density at radius 3 is 2.72 bits per heavy atom. The summed E-state index contributed by atoms with van der Waals surface area (Å²) in [7, 11) is 0. The van der Waals surface area contributed by atoms with E-state index in [-0.39, 0.29) is 21.0 Å². The third kappa shape index (κ3) is 2.97. The fraction of sp³-hybridized carbons (Fsp3) is 0. The highest BCUT2D eigenvalue weighted by atomic mass is 35.5. The van der Waals surface area contributed by atoms with Crippen molar-refractivity contribution in [2.24, 2.45) is 0 Å². The molecule has 2 aromatic rings. The normalized spacial score (nSPS) is 12.2. The van der Waals surface area contributed by atoms with E-state index in [4.69, 9.17) is 27.8 Å². The van der Waals surface area contributed by atoms with Gasteiger partial charge in [-0.25, -0.2) is 9.19 Å². The van der Waals surface area contributed by atoms with E-state index in [0.717, 1.165) is 0 Å². The van der Waals surface area contributed by atoms with Crippen molar-refractivity contribution in [1.29, 1.82) is 0 Å². The third-order valence-corrected chi connectivity index (χ3v) is 3.23. The molecular formula is C10H7Cl2N3O2S. The second-order valence-electron chi connectivity index (χ2n) is 3.21. The van der Waals surface area contributed by atoms with Crippen LogP contribution in [0.2, 0.25) is 10.3 Å². The Morgan fingerprint density at radius 1 is 1.28 bits per heavy atom. The number of hydrogen-bond donors (Lipinski definition) is 2. The van der Waals surface area contributed by atoms with Crippen molar-refractivity contribution in [2.75, 3.05) is 5.32 Å². The molecule has 1 heterocycles. The van der Waals surface area contributed by atoms with Crippen molar-refractivity contribution in [2.45, 2.75) is 4.90 Å². The second-order valence-corrected chi connectivity index (χ2v) is 4.89. The molecular weight excluding hydrogens is 297 g/mol. The average Bonchev–Trinajstić information content (AvgIpc) is 2.34. The number of aromatic nitrogens is 2. The zero-order valence-electron chi connectivity index (χ0n) is 8.80. The molecule has 8 heteroatoms. The van der Waals surface area contributed by atoms with E-state index in [1.54, 1.807) is 18.2 Å². The van der Waals surface area contributed by atoms with Crippen LogP contribution in [-0.2, 0) is 11.1 Å². The van der Waals surface area contributed by atoms with Crippen LogP contribution in [-0.4, -0.2) is 18.7 Å². The van der Waals surface area contributed by atoms with Crippen LogP contribution < -0.4 is 5.32 Å². The van der Waals surface area contributed by atoms with Gasteiger partial charge in [0.2, 0.25) is 5.28 Å². The first-order chi connectivity index (χ1) is 8.58. The minimum absolute atomic E-state index is 0.0319. The maximum Gasteiger partial charge on any atom is 0.224 e. The number of halogens is 2. The quantitative estimate of drug-likeness (QED) is 0.673. The molecule has 1 atom stereocenters. The summed E-state index contributed by atoms with van der Waals surface area (Å²) in [5.74, 6) is 0.273. The maximum atomic E-state index is 11.1. The van der Waals surface area contributed by atoms with Crippen molar-refractivity contribution in [1.82, 2.24) is 9.97 Å². The molecule has 1 aromatic heterocycles. The lowest BCUT2D eigenvalue weighted by Gasteiger charge is -2.09. The predicted octanol–water partition coefficient (Wildman–Crippen LogP) is 3.11. The minimum atomic E-state index is -2.11. The van der Waals surface area contributed by atoms with Crippen LogP contribution in [0, 0.1) is 0 Å². The molecule has 0 saturated carbocycles. The molecule has 2 rings (SSSR count). The van der Waals surface area contributed by atoms with Crippen LogP contribution in [0.15, 0.2) is 35.4 Å². The lowest BCUT2D eigenvalue weighted by Crippen LogP contribution is -2.00. The highest BCUT2D eigenvalue weighted by Gasteiger charge is 2.10. The van der Waals surface area contributed by atoms with E-state index < -0.39 is 11.1 Å². The van der Waals surface area contributed by atoms with E-state index in [0.29, 0.717) is 5.69 Å². The highest BCUT2D eigenvalue weighted by Crippen LogP contribution is 2.26. The van der Waals surface area contributed by atoms with Crippen molar-refractivity contribution in [3.05, 3.63) is 40.8 Å². The number of nitrogens with one attached hydrogen (secondary N) is 1. The number of anilines is 2. The number of para-hydroxylation sites is 1. The smallest absolute Gasteiger partial charge is 0.224 e. The molecule has 0 amide bonds. The summed E-state index contributed by atoms with van der Waals surface area (Å²) in [4.78, 5) is 7.84. The zero-order chi connectivity index (χ0) is 13.1. The summed E-state index contributed by atoms with van der Waals surface area (Å²) in [5, 5.41) is 3.14. The predicted molar refractivity (Wildman–Crippen MR) is 70.8 cm³/mol. The van der Waals surface area contributed by atoms with E-state index in [1.807, 2.05) is 0 Å². The van der Waals surface area contributed by atoms with Gasteiger partial charge >= 0.3 is 0 Å². The molecule has 0 aliphatic rings. The van der Waals surface area contributed by atoms with Gasteiger partial charge in [0.15, 0.2) is 16.9 Å². The Balaban J connectivity index is 2.40. The first kappa shape index (κ1) is 13.2. The number of rotatable bonds is 3. The lowest BCUT2D eigenvalue weighted by molar-refractivity contribution is 0.565. The van der Waals surface area contributed by atoms with Gasteiger partial charge in [-0.1, -0.05) is 23.7 Å². The van der Waals surface area contributed by atoms with Crippen LogP contribution in [0.25, 0.3) is 0 Å². The van der Waals surface area contributed by atoms with Gasteiger partial charge in [-0.05, 0) is 23.7 Å². The Hall–Kier alpha value is -1.21. The zero-order valence-corrected chi connectivity index (χ0v) is 11.1. The van der Waals surface area contributed by atoms with Crippen LogP contribution in [0.1, 0.15) is 0 Å². The van der Waals surface area contributed by atoms with E-state index in [2.05, 4.69) is 15.3 Å². The van der Waals surface area contributed by atoms with Gasteiger partial charge in [0.1, 0.15) is 5.02 Å². The maximum absolute atomic E-state index is 11.1. The van der Waals surface area contributed by atoms with Crippen LogP contribution in [0.3, 0.4) is 0 Å². The minimum Gasteiger partial charge on any atom is -0.338 e. The van der Waals surface area contributed by atoms with Gasteiger partial charge in [-0.3, -0.25) is 0 Å². The Kier molecular flexibility index (Phi) is 4.13. The SMILES string of the molecule is O=S(O)c1ccccc1Nc1nc(Cl)ncc1Cl. The number of benzene rings is 1. The molecule has 0 aliphatic heterocycles. The summed E-state index contributed by atoms with van der Waals surface area (Å²) in [6.45, 7) is 0. The van der Waals surface area contributed by atoms with Gasteiger partial charge in [-0.2, -0.15) is 4.98 Å². The van der Waals surface area contributed by atoms with Crippen molar-refractivity contribution >= 4 is 45.8 Å². The summed E-state index contributed by atoms with van der Waals surface area (Å²) in [6, 6.07) is 6.53. The molecule has 1 aromatic carbocycles. The summed E-state index contributed by atoms with van der Waals surface area (Å²) in [5.41, 5.74) is 0.426. The van der Waals surface area contributed by atoms with Crippen molar-refractivity contribution in [3.63, 3.8) is 0 Å². The van der Waals surface area contributed by atoms with E-state index in [9.17, 15) is 4.21 Å². The second kappa shape index (κ2) is 5.62. The van der Waals surface area contributed by atoms with Crippen molar-refractivity contribution in [3.8, 4) is 0 Å². The molecule has 0 aliphatic carbocycles. The van der Waals surface area contributed by atoms with Gasteiger partial charge in [0, 0.05) is 0 Å². The van der Waals surface area contributed by atoms with Gasteiger partial charge in [-0.15, -0.1) is 0 Å². The standard InChI is InChI=1S/C10H7Cl2N3O2S/c11-6-5-13-10(12)15-9(6)14-7-3-1-2-4-8(7)18(16)17/h1-5H,(H,16,17)(H,13,14,15). The van der Waals surface area contributed by atoms with Gasteiger partial charge in [0.25, 0.3) is 0 Å². The molecule has 18 heavy (non-hydrogen) atoms. The third-order valence-electron chi connectivity index (χ3n) is 2.04. The summed E-state index contributed by atoms with van der Waals surface area (Å²) >= 11 is 9.44. The van der Waals surface area contributed by atoms with E-state index in [1.165, 1.54) is 12.3 Å². The molecule has 0 bridgehead atoms. The summed E-state index contributed by atoms with van der Waals surface area (Å²) in [6.07, 6.45) is 1.34. The first-order valence-corrected chi connectivity index (χ1v) is 6.59. The molecule has 94 valence electrons. The lowest BCUT2D eigenvalue weighted by atomic mass is 10.3. The molecule has 2 N–H and O–H groups in total. The van der Waals surface area contributed by atoms with Gasteiger partial charge in [0.05, 0.1) is 16.8 Å². The largest absolute Gasteiger partial charge is 0.338 e. The molecule has 1 unspecified atom stereocenters. The highest BCUT2D eigenvalue weighted by molar-refractivity contribution is 7.79. The Morgan fingerprint density at radius 2 is 2.00 bits per heavy atom. The first-order valence-electron chi connectivity index (χ1n) is 4.73. The van der Waals surface area contributed by atoms with Crippen molar-refractivity contribution < 1.29 is 8.76 Å². The molecule has 0 saturated heterocycles. The Labute approximate surface area is 115 Å².